The summed E-state index contributed by atoms with van der Waals surface area (Å²) in [4.78, 5) is 4.77. The van der Waals surface area contributed by atoms with Gasteiger partial charge in [-0.05, 0) is 29.7 Å². The van der Waals surface area contributed by atoms with E-state index in [0.29, 0.717) is 12.5 Å². The maximum atomic E-state index is 5.61. The van der Waals surface area contributed by atoms with Gasteiger partial charge in [-0.1, -0.05) is 42.5 Å². The van der Waals surface area contributed by atoms with Gasteiger partial charge >= 0.3 is 0 Å². The second-order valence-electron chi connectivity index (χ2n) is 5.56. The van der Waals surface area contributed by atoms with Gasteiger partial charge in [0.2, 0.25) is 5.88 Å². The Morgan fingerprint density at radius 1 is 0.957 bits per heavy atom. The fourth-order valence-corrected chi connectivity index (χ4v) is 2.70. The number of benzene rings is 1. The first-order valence-electron chi connectivity index (χ1n) is 7.77. The van der Waals surface area contributed by atoms with Crippen LogP contribution < -0.4 is 15.3 Å². The topological polar surface area (TPSA) is 50.8 Å². The molecule has 0 unspecified atom stereocenters. The zero-order valence-electron chi connectivity index (χ0n) is 12.7. The summed E-state index contributed by atoms with van der Waals surface area (Å²) in [6.45, 7) is 0.517. The molecule has 0 bridgehead atoms. The fourth-order valence-electron chi connectivity index (χ4n) is 2.70. The molecule has 114 valence electrons. The summed E-state index contributed by atoms with van der Waals surface area (Å²) in [6, 6.07) is 14.4. The standard InChI is InChI=1S/C19H17N3O/c1-2-4-17-15(3-1)9-10-18(21-17)16-7-5-14(6-8-16)13-23-19-11-12-20-22-19/h3-12H,1-2,13H2,(H,20,22). The number of pyridine rings is 1. The third-order valence-corrected chi connectivity index (χ3v) is 3.95. The van der Waals surface area contributed by atoms with Gasteiger partial charge in [0.15, 0.2) is 0 Å². The van der Waals surface area contributed by atoms with E-state index >= 15 is 0 Å². The highest BCUT2D eigenvalue weighted by Crippen LogP contribution is 2.17. The van der Waals surface area contributed by atoms with Crippen LogP contribution in [0.25, 0.3) is 23.4 Å². The summed E-state index contributed by atoms with van der Waals surface area (Å²) in [6.07, 6.45) is 8.33. The van der Waals surface area contributed by atoms with Gasteiger partial charge in [-0.2, -0.15) is 5.10 Å². The molecule has 2 aromatic heterocycles. The van der Waals surface area contributed by atoms with Crippen LogP contribution in [-0.4, -0.2) is 15.2 Å². The van der Waals surface area contributed by atoms with Crippen molar-refractivity contribution in [3.63, 3.8) is 0 Å². The molecule has 2 heterocycles. The van der Waals surface area contributed by atoms with E-state index in [2.05, 4.69) is 58.7 Å². The number of H-pyrrole nitrogens is 1. The van der Waals surface area contributed by atoms with Crippen molar-refractivity contribution < 1.29 is 4.74 Å². The van der Waals surface area contributed by atoms with Crippen molar-refractivity contribution >= 4 is 12.2 Å². The monoisotopic (exact) mass is 303 g/mol. The van der Waals surface area contributed by atoms with Crippen LogP contribution in [0.1, 0.15) is 18.4 Å². The van der Waals surface area contributed by atoms with E-state index in [0.717, 1.165) is 35.0 Å². The maximum Gasteiger partial charge on any atom is 0.209 e. The zero-order chi connectivity index (χ0) is 15.5. The van der Waals surface area contributed by atoms with Crippen molar-refractivity contribution in [2.24, 2.45) is 0 Å². The average Bonchev–Trinajstić information content (AvgIpc) is 3.14. The van der Waals surface area contributed by atoms with Gasteiger partial charge in [-0.3, -0.25) is 0 Å². The number of ether oxygens (including phenoxy) is 1. The molecule has 0 spiro atoms. The van der Waals surface area contributed by atoms with Crippen molar-refractivity contribution in [3.8, 4) is 17.1 Å². The van der Waals surface area contributed by atoms with E-state index in [1.54, 1.807) is 12.3 Å². The van der Waals surface area contributed by atoms with Gasteiger partial charge in [0.1, 0.15) is 6.61 Å². The molecule has 0 saturated carbocycles. The molecular formula is C19H17N3O. The lowest BCUT2D eigenvalue weighted by Crippen LogP contribution is -2.29. The van der Waals surface area contributed by atoms with Gasteiger partial charge in [-0.25, -0.2) is 10.1 Å². The summed E-state index contributed by atoms with van der Waals surface area (Å²) in [5.74, 6) is 0.678. The minimum absolute atomic E-state index is 0.517. The number of rotatable bonds is 4. The predicted octanol–water partition coefficient (Wildman–Crippen LogP) is 2.41. The quantitative estimate of drug-likeness (QED) is 0.805. The van der Waals surface area contributed by atoms with Crippen LogP contribution in [0.5, 0.6) is 5.88 Å². The molecule has 1 aliphatic carbocycles. The first-order chi connectivity index (χ1) is 11.4. The van der Waals surface area contributed by atoms with Crippen molar-refractivity contribution in [1.29, 1.82) is 0 Å². The van der Waals surface area contributed by atoms with Crippen LogP contribution in [-0.2, 0) is 6.61 Å². The molecule has 0 saturated heterocycles. The Hall–Kier alpha value is -2.88. The van der Waals surface area contributed by atoms with Crippen molar-refractivity contribution in [2.75, 3.05) is 0 Å². The van der Waals surface area contributed by atoms with Crippen LogP contribution in [0.2, 0.25) is 0 Å². The molecule has 1 aromatic carbocycles. The number of hydrogen-bond donors (Lipinski definition) is 1. The third kappa shape index (κ3) is 3.01. The van der Waals surface area contributed by atoms with Crippen molar-refractivity contribution in [3.05, 3.63) is 64.8 Å². The van der Waals surface area contributed by atoms with Crippen LogP contribution in [0.15, 0.2) is 48.7 Å². The lowest BCUT2D eigenvalue weighted by molar-refractivity contribution is 0.293. The molecule has 4 nitrogen and oxygen atoms in total. The molecule has 3 aromatic rings. The molecule has 0 amide bonds. The second kappa shape index (κ2) is 6.08. The Balaban J connectivity index is 1.54. The number of hydrogen-bond acceptors (Lipinski definition) is 3. The Kier molecular flexibility index (Phi) is 3.64. The van der Waals surface area contributed by atoms with E-state index in [9.17, 15) is 0 Å². The molecule has 0 atom stereocenters. The zero-order valence-corrected chi connectivity index (χ0v) is 12.7. The fraction of sp³-hybridized carbons (Fsp3) is 0.158. The number of nitrogens with zero attached hydrogens (tertiary/aromatic N) is 2. The van der Waals surface area contributed by atoms with Gasteiger partial charge < -0.3 is 4.74 Å². The molecule has 4 rings (SSSR count). The summed E-state index contributed by atoms with van der Waals surface area (Å²) in [5.41, 5.74) is 3.25. The van der Waals surface area contributed by atoms with Crippen LogP contribution in [0, 0.1) is 0 Å². The predicted molar refractivity (Wildman–Crippen MR) is 90.0 cm³/mol. The molecule has 1 aliphatic rings. The Morgan fingerprint density at radius 2 is 1.83 bits per heavy atom. The van der Waals surface area contributed by atoms with Crippen molar-refractivity contribution in [2.45, 2.75) is 19.4 Å². The Bertz CT molecular complexity index is 912. The van der Waals surface area contributed by atoms with Gasteiger partial charge in [0.25, 0.3) is 0 Å². The minimum atomic E-state index is 0.517. The molecule has 4 heteroatoms. The SMILES string of the molecule is C1=c2ccc(-c3ccc(COc4ccn[nH]4)cc3)nc2=CCC1. The summed E-state index contributed by atoms with van der Waals surface area (Å²) < 4.78 is 5.61. The molecule has 0 radical (unpaired) electrons. The highest BCUT2D eigenvalue weighted by atomic mass is 16.5. The smallest absolute Gasteiger partial charge is 0.209 e. The Labute approximate surface area is 134 Å². The first-order valence-corrected chi connectivity index (χ1v) is 7.77. The number of nitrogens with one attached hydrogen (secondary N) is 1. The van der Waals surface area contributed by atoms with E-state index in [1.807, 2.05) is 0 Å². The molecule has 0 fully saturated rings. The van der Waals surface area contributed by atoms with Gasteiger partial charge in [-0.15, -0.1) is 0 Å². The van der Waals surface area contributed by atoms with Crippen LogP contribution in [0.4, 0.5) is 0 Å². The number of fused-ring (bicyclic) bond motifs is 1. The molecule has 0 aliphatic heterocycles. The van der Waals surface area contributed by atoms with E-state index in [4.69, 9.17) is 9.72 Å². The van der Waals surface area contributed by atoms with E-state index < -0.39 is 0 Å². The van der Waals surface area contributed by atoms with E-state index in [-0.39, 0.29) is 0 Å². The largest absolute Gasteiger partial charge is 0.473 e. The highest BCUT2D eigenvalue weighted by molar-refractivity contribution is 5.59. The van der Waals surface area contributed by atoms with Crippen LogP contribution >= 0.6 is 0 Å². The summed E-state index contributed by atoms with van der Waals surface area (Å²) in [5, 5.41) is 8.98. The van der Waals surface area contributed by atoms with Crippen LogP contribution in [0.3, 0.4) is 0 Å². The number of aromatic nitrogens is 3. The number of aromatic amines is 1. The minimum Gasteiger partial charge on any atom is -0.473 e. The summed E-state index contributed by atoms with van der Waals surface area (Å²) in [7, 11) is 0. The average molecular weight is 303 g/mol. The van der Waals surface area contributed by atoms with Gasteiger partial charge in [0, 0.05) is 11.6 Å². The Morgan fingerprint density at radius 3 is 2.65 bits per heavy atom. The second-order valence-corrected chi connectivity index (χ2v) is 5.56. The first kappa shape index (κ1) is 13.8. The third-order valence-electron chi connectivity index (χ3n) is 3.95. The normalized spacial score (nSPS) is 12.9. The molecule has 1 N–H and O–H groups in total. The molecule has 23 heavy (non-hydrogen) atoms. The molecular weight excluding hydrogens is 286 g/mol. The van der Waals surface area contributed by atoms with E-state index in [1.165, 1.54) is 5.22 Å². The van der Waals surface area contributed by atoms with Crippen molar-refractivity contribution in [1.82, 2.24) is 15.2 Å². The van der Waals surface area contributed by atoms with Gasteiger partial charge in [0.05, 0.1) is 17.2 Å². The summed E-state index contributed by atoms with van der Waals surface area (Å²) >= 11 is 0. The lowest BCUT2D eigenvalue weighted by atomic mass is 10.1. The lowest BCUT2D eigenvalue weighted by Gasteiger charge is -2.06. The highest BCUT2D eigenvalue weighted by Gasteiger charge is 2.03. The maximum absolute atomic E-state index is 5.61.